The number of carbonyl (C=O) groups is 1. The maximum absolute atomic E-state index is 13.1. The van der Waals surface area contributed by atoms with Gasteiger partial charge in [0.05, 0.1) is 12.2 Å². The molecule has 5 rings (SSSR count). The van der Waals surface area contributed by atoms with E-state index < -0.39 is 0 Å². The highest BCUT2D eigenvalue weighted by molar-refractivity contribution is 5.92. The zero-order valence-electron chi connectivity index (χ0n) is 17.7. The minimum Gasteiger partial charge on any atom is -0.325 e. The summed E-state index contributed by atoms with van der Waals surface area (Å²) in [5, 5.41) is 9.54. The molecule has 32 heavy (non-hydrogen) atoms. The van der Waals surface area contributed by atoms with E-state index in [0.717, 1.165) is 67.5 Å². The summed E-state index contributed by atoms with van der Waals surface area (Å²) in [6, 6.07) is 12.2. The number of nitrogens with zero attached hydrogens (tertiary/aromatic N) is 4. The molecule has 1 amide bonds. The summed E-state index contributed by atoms with van der Waals surface area (Å²) < 4.78 is 14.7. The molecule has 166 valence electrons. The van der Waals surface area contributed by atoms with Crippen molar-refractivity contribution in [2.75, 3.05) is 38.0 Å². The number of piperazine rings is 1. The summed E-state index contributed by atoms with van der Waals surface area (Å²) in [6.07, 6.45) is 1.46. The van der Waals surface area contributed by atoms with Gasteiger partial charge in [0, 0.05) is 44.8 Å². The monoisotopic (exact) mass is 436 g/mol. The van der Waals surface area contributed by atoms with Crippen LogP contribution < -0.4 is 11.0 Å². The normalized spacial score (nSPS) is 16.4. The van der Waals surface area contributed by atoms with E-state index in [1.54, 1.807) is 4.57 Å². The van der Waals surface area contributed by atoms with Crippen LogP contribution in [0.1, 0.15) is 17.0 Å². The van der Waals surface area contributed by atoms with E-state index in [9.17, 15) is 14.0 Å². The van der Waals surface area contributed by atoms with Gasteiger partial charge in [0.25, 0.3) is 0 Å². The van der Waals surface area contributed by atoms with Crippen LogP contribution in [-0.4, -0.2) is 63.2 Å². The molecule has 0 atom stereocenters. The minimum absolute atomic E-state index is 0.0473. The fraction of sp³-hybridized carbons (Fsp3) is 0.348. The number of hydrogen-bond donors (Lipinski definition) is 2. The fourth-order valence-electron chi connectivity index (χ4n) is 4.43. The van der Waals surface area contributed by atoms with Crippen molar-refractivity contribution >= 4 is 11.6 Å². The molecule has 1 fully saturated rings. The third-order valence-electron chi connectivity index (χ3n) is 6.12. The predicted molar refractivity (Wildman–Crippen MR) is 118 cm³/mol. The number of aryl methyl sites for hydroxylation is 2. The average molecular weight is 436 g/mol. The highest BCUT2D eigenvalue weighted by Gasteiger charge is 2.21. The number of fused-ring (bicyclic) bond motifs is 3. The smallest absolute Gasteiger partial charge is 0.325 e. The third-order valence-corrected chi connectivity index (χ3v) is 6.12. The van der Waals surface area contributed by atoms with E-state index in [-0.39, 0.29) is 17.4 Å². The summed E-state index contributed by atoms with van der Waals surface area (Å²) in [6.45, 7) is 4.48. The van der Waals surface area contributed by atoms with Crippen LogP contribution in [0.5, 0.6) is 0 Å². The van der Waals surface area contributed by atoms with Gasteiger partial charge in [-0.05, 0) is 47.9 Å². The lowest BCUT2D eigenvalue weighted by Gasteiger charge is -2.34. The first-order valence-corrected chi connectivity index (χ1v) is 10.8. The molecule has 0 unspecified atom stereocenters. The van der Waals surface area contributed by atoms with Crippen LogP contribution in [0.2, 0.25) is 0 Å². The van der Waals surface area contributed by atoms with Crippen LogP contribution in [-0.2, 0) is 24.2 Å². The molecule has 9 heteroatoms. The van der Waals surface area contributed by atoms with E-state index >= 15 is 0 Å². The zero-order valence-corrected chi connectivity index (χ0v) is 17.7. The van der Waals surface area contributed by atoms with Crippen LogP contribution in [0, 0.1) is 5.82 Å². The van der Waals surface area contributed by atoms with Crippen molar-refractivity contribution in [3.8, 4) is 5.69 Å². The summed E-state index contributed by atoms with van der Waals surface area (Å²) in [5.41, 5.74) is 3.43. The Morgan fingerprint density at radius 3 is 2.56 bits per heavy atom. The highest BCUT2D eigenvalue weighted by atomic mass is 19.1. The van der Waals surface area contributed by atoms with Crippen molar-refractivity contribution in [1.82, 2.24) is 24.6 Å². The molecule has 3 aromatic rings. The Kier molecular flexibility index (Phi) is 5.59. The van der Waals surface area contributed by atoms with Gasteiger partial charge < -0.3 is 5.32 Å². The lowest BCUT2D eigenvalue weighted by molar-refractivity contribution is -0.117. The molecule has 1 saturated heterocycles. The van der Waals surface area contributed by atoms with Crippen molar-refractivity contribution in [3.63, 3.8) is 0 Å². The van der Waals surface area contributed by atoms with E-state index in [4.69, 9.17) is 0 Å². The second-order valence-electron chi connectivity index (χ2n) is 8.35. The third kappa shape index (κ3) is 4.35. The first-order chi connectivity index (χ1) is 15.5. The van der Waals surface area contributed by atoms with Gasteiger partial charge in [-0.3, -0.25) is 14.6 Å². The van der Waals surface area contributed by atoms with Gasteiger partial charge in [-0.1, -0.05) is 12.1 Å². The van der Waals surface area contributed by atoms with Crippen LogP contribution in [0.3, 0.4) is 0 Å². The number of nitrogens with one attached hydrogen (secondary N) is 2. The Morgan fingerprint density at radius 2 is 1.78 bits per heavy atom. The molecule has 2 aromatic carbocycles. The number of halogens is 1. The summed E-state index contributed by atoms with van der Waals surface area (Å²) in [5.74, 6) is 0.468. The number of aromatic amines is 1. The number of H-pyrrole nitrogens is 1. The molecule has 1 aromatic heterocycles. The zero-order chi connectivity index (χ0) is 22.1. The first kappa shape index (κ1) is 20.6. The van der Waals surface area contributed by atoms with Crippen molar-refractivity contribution in [2.24, 2.45) is 0 Å². The van der Waals surface area contributed by atoms with Gasteiger partial charge >= 0.3 is 5.69 Å². The van der Waals surface area contributed by atoms with Crippen molar-refractivity contribution in [3.05, 3.63) is 75.7 Å². The van der Waals surface area contributed by atoms with E-state index in [0.29, 0.717) is 13.0 Å². The Morgan fingerprint density at radius 1 is 1.03 bits per heavy atom. The number of benzene rings is 2. The maximum atomic E-state index is 13.1. The summed E-state index contributed by atoms with van der Waals surface area (Å²) in [4.78, 5) is 29.1. The van der Waals surface area contributed by atoms with Crippen LogP contribution >= 0.6 is 0 Å². The Labute approximate surface area is 184 Å². The van der Waals surface area contributed by atoms with Gasteiger partial charge in [0.1, 0.15) is 11.6 Å². The topological polar surface area (TPSA) is 86.3 Å². The molecular formula is C23H25FN6O2. The van der Waals surface area contributed by atoms with Crippen molar-refractivity contribution in [2.45, 2.75) is 19.4 Å². The van der Waals surface area contributed by atoms with Gasteiger partial charge in [0.2, 0.25) is 5.91 Å². The molecule has 2 aliphatic rings. The number of rotatable bonds is 5. The first-order valence-electron chi connectivity index (χ1n) is 10.8. The van der Waals surface area contributed by atoms with Crippen LogP contribution in [0.15, 0.2) is 47.3 Å². The second-order valence-corrected chi connectivity index (χ2v) is 8.35. The molecule has 3 heterocycles. The van der Waals surface area contributed by atoms with Crippen molar-refractivity contribution in [1.29, 1.82) is 0 Å². The highest BCUT2D eigenvalue weighted by Crippen LogP contribution is 2.25. The maximum Gasteiger partial charge on any atom is 0.347 e. The second kappa shape index (κ2) is 8.68. The summed E-state index contributed by atoms with van der Waals surface area (Å²) in [7, 11) is 0. The molecule has 0 aliphatic carbocycles. The quantitative estimate of drug-likeness (QED) is 0.634. The largest absolute Gasteiger partial charge is 0.347 e. The van der Waals surface area contributed by atoms with E-state index in [1.807, 2.05) is 30.3 Å². The number of anilines is 1. The van der Waals surface area contributed by atoms with Gasteiger partial charge in [-0.15, -0.1) is 0 Å². The molecular weight excluding hydrogens is 411 g/mol. The Hall–Kier alpha value is -3.30. The SMILES string of the molecule is O=C(CN1CCN(Cc2ccc(F)cc2)CC1)Nc1ccc2c(c1)CCc1n[nH]c(=O)n1-2. The van der Waals surface area contributed by atoms with Crippen LogP contribution in [0.25, 0.3) is 5.69 Å². The molecule has 2 N–H and O–H groups in total. The lowest BCUT2D eigenvalue weighted by Crippen LogP contribution is -2.48. The Bertz CT molecular complexity index is 1180. The molecule has 0 bridgehead atoms. The molecule has 2 aliphatic heterocycles. The average Bonchev–Trinajstić information content (AvgIpc) is 3.17. The summed E-state index contributed by atoms with van der Waals surface area (Å²) >= 11 is 0. The molecule has 8 nitrogen and oxygen atoms in total. The van der Waals surface area contributed by atoms with E-state index in [1.165, 1.54) is 12.1 Å². The molecule has 0 spiro atoms. The van der Waals surface area contributed by atoms with Gasteiger partial charge in [-0.25, -0.2) is 18.9 Å². The van der Waals surface area contributed by atoms with Crippen molar-refractivity contribution < 1.29 is 9.18 Å². The minimum atomic E-state index is -0.240. The molecule has 0 radical (unpaired) electrons. The number of carbonyl (C=O) groups excluding carboxylic acids is 1. The van der Waals surface area contributed by atoms with Gasteiger partial charge in [0.15, 0.2) is 0 Å². The fourth-order valence-corrected chi connectivity index (χ4v) is 4.43. The standard InChI is InChI=1S/C23H25FN6O2/c24-18-4-1-16(2-5-18)14-28-9-11-29(12-10-28)15-22(31)25-19-6-7-20-17(13-19)3-8-21-26-27-23(32)30(20)21/h1-2,4-7,13H,3,8-12,14-15H2,(H,25,31)(H,27,32). The number of amides is 1. The lowest BCUT2D eigenvalue weighted by atomic mass is 10.0. The number of aromatic nitrogens is 3. The van der Waals surface area contributed by atoms with E-state index in [2.05, 4.69) is 25.3 Å². The number of hydrogen-bond acceptors (Lipinski definition) is 5. The predicted octanol–water partition coefficient (Wildman–Crippen LogP) is 1.55. The van der Waals surface area contributed by atoms with Crippen LogP contribution in [0.4, 0.5) is 10.1 Å². The van der Waals surface area contributed by atoms with Gasteiger partial charge in [-0.2, -0.15) is 5.10 Å². The molecule has 0 saturated carbocycles. The Balaban J connectivity index is 1.14.